The van der Waals surface area contributed by atoms with Crippen molar-refractivity contribution in [3.8, 4) is 0 Å². The summed E-state index contributed by atoms with van der Waals surface area (Å²) in [5, 5.41) is 2.31. The van der Waals surface area contributed by atoms with Crippen molar-refractivity contribution in [2.24, 2.45) is 5.92 Å². The number of carbonyl (C=O) groups is 1. The first-order valence-corrected chi connectivity index (χ1v) is 7.36. The van der Waals surface area contributed by atoms with E-state index in [1.54, 1.807) is 6.07 Å². The molecule has 0 spiro atoms. The van der Waals surface area contributed by atoms with Gasteiger partial charge in [0.05, 0.1) is 18.1 Å². The third-order valence-corrected chi connectivity index (χ3v) is 4.65. The van der Waals surface area contributed by atoms with Crippen LogP contribution in [0.25, 0.3) is 0 Å². The van der Waals surface area contributed by atoms with Gasteiger partial charge in [-0.25, -0.2) is 4.39 Å². The van der Waals surface area contributed by atoms with Crippen molar-refractivity contribution in [2.45, 2.75) is 37.7 Å². The Hall–Kier alpha value is -1.13. The van der Waals surface area contributed by atoms with Gasteiger partial charge in [0.2, 0.25) is 5.91 Å². The second-order valence-electron chi connectivity index (χ2n) is 5.62. The van der Waals surface area contributed by atoms with Crippen molar-refractivity contribution >= 4 is 23.2 Å². The summed E-state index contributed by atoms with van der Waals surface area (Å²) < 4.78 is 19.7. The van der Waals surface area contributed by atoms with Crippen LogP contribution in [0.2, 0.25) is 0 Å². The van der Waals surface area contributed by atoms with Crippen LogP contribution in [0.4, 0.5) is 10.1 Å². The maximum Gasteiger partial charge on any atom is 0.224 e. The molecule has 2 heterocycles. The van der Waals surface area contributed by atoms with Gasteiger partial charge in [0, 0.05) is 23.6 Å². The van der Waals surface area contributed by atoms with Crippen LogP contribution in [0, 0.1) is 11.7 Å². The maximum absolute atomic E-state index is 14.2. The number of anilines is 1. The first-order valence-electron chi connectivity index (χ1n) is 6.92. The van der Waals surface area contributed by atoms with E-state index in [1.807, 2.05) is 6.92 Å². The molecule has 2 aliphatic rings. The standard InChI is InChI=1S/C15H17ClFNO2/c1-8-4-10(7-20-8)15(16)11-5-9-2-3-14(19)18-13(9)6-12(11)17/h5-6,8,10,15H,2-4,7H2,1H3,(H,18,19). The molecule has 3 atom stereocenters. The summed E-state index contributed by atoms with van der Waals surface area (Å²) in [6, 6.07) is 3.18. The quantitative estimate of drug-likeness (QED) is 0.850. The van der Waals surface area contributed by atoms with E-state index in [4.69, 9.17) is 16.3 Å². The summed E-state index contributed by atoms with van der Waals surface area (Å²) >= 11 is 6.45. The molecule has 1 N–H and O–H groups in total. The normalized spacial score (nSPS) is 27.1. The molecule has 1 fully saturated rings. The number of halogens is 2. The predicted octanol–water partition coefficient (Wildman–Crippen LogP) is 3.42. The molecule has 0 radical (unpaired) electrons. The summed E-state index contributed by atoms with van der Waals surface area (Å²) in [5.41, 5.74) is 2.05. The van der Waals surface area contributed by atoms with Crippen molar-refractivity contribution in [2.75, 3.05) is 11.9 Å². The second-order valence-corrected chi connectivity index (χ2v) is 6.09. The Bertz CT molecular complexity index is 549. The fourth-order valence-electron chi connectivity index (χ4n) is 2.94. The van der Waals surface area contributed by atoms with Crippen LogP contribution < -0.4 is 5.32 Å². The first-order chi connectivity index (χ1) is 9.54. The van der Waals surface area contributed by atoms with E-state index >= 15 is 0 Å². The molecule has 3 unspecified atom stereocenters. The summed E-state index contributed by atoms with van der Waals surface area (Å²) in [7, 11) is 0. The van der Waals surface area contributed by atoms with Crippen LogP contribution in [0.5, 0.6) is 0 Å². The Kier molecular flexibility index (Phi) is 3.69. The van der Waals surface area contributed by atoms with E-state index in [0.717, 1.165) is 12.0 Å². The number of rotatable bonds is 2. The second kappa shape index (κ2) is 5.34. The molecular weight excluding hydrogens is 281 g/mol. The van der Waals surface area contributed by atoms with E-state index in [1.165, 1.54) is 6.07 Å². The topological polar surface area (TPSA) is 38.3 Å². The number of aryl methyl sites for hydroxylation is 1. The van der Waals surface area contributed by atoms with Crippen LogP contribution in [-0.2, 0) is 16.0 Å². The molecule has 0 aromatic heterocycles. The molecule has 5 heteroatoms. The number of amides is 1. The number of nitrogens with one attached hydrogen (secondary N) is 1. The maximum atomic E-state index is 14.2. The molecule has 1 aromatic rings. The van der Waals surface area contributed by atoms with E-state index in [2.05, 4.69) is 5.32 Å². The molecule has 1 saturated heterocycles. The Balaban J connectivity index is 1.88. The minimum Gasteiger partial charge on any atom is -0.378 e. The highest BCUT2D eigenvalue weighted by Crippen LogP contribution is 2.39. The summed E-state index contributed by atoms with van der Waals surface area (Å²) in [4.78, 5) is 11.3. The zero-order valence-corrected chi connectivity index (χ0v) is 12.0. The van der Waals surface area contributed by atoms with Gasteiger partial charge in [-0.05, 0) is 37.5 Å². The number of hydrogen-bond acceptors (Lipinski definition) is 2. The average Bonchev–Trinajstić information content (AvgIpc) is 2.84. The summed E-state index contributed by atoms with van der Waals surface area (Å²) in [5.74, 6) is -0.284. The molecule has 2 aliphatic heterocycles. The fraction of sp³-hybridized carbons (Fsp3) is 0.533. The summed E-state index contributed by atoms with van der Waals surface area (Å²) in [6.45, 7) is 2.57. The molecule has 108 valence electrons. The van der Waals surface area contributed by atoms with Crippen molar-refractivity contribution in [3.63, 3.8) is 0 Å². The van der Waals surface area contributed by atoms with E-state index in [9.17, 15) is 9.18 Å². The smallest absolute Gasteiger partial charge is 0.224 e. The minimum atomic E-state index is -0.386. The van der Waals surface area contributed by atoms with Crippen LogP contribution in [0.3, 0.4) is 0 Å². The van der Waals surface area contributed by atoms with Crippen molar-refractivity contribution in [1.82, 2.24) is 0 Å². The Morgan fingerprint density at radius 3 is 2.95 bits per heavy atom. The third kappa shape index (κ3) is 2.54. The highest BCUT2D eigenvalue weighted by molar-refractivity contribution is 6.21. The highest BCUT2D eigenvalue weighted by atomic mass is 35.5. The molecule has 20 heavy (non-hydrogen) atoms. The third-order valence-electron chi connectivity index (χ3n) is 4.06. The average molecular weight is 298 g/mol. The van der Waals surface area contributed by atoms with Gasteiger partial charge < -0.3 is 10.1 Å². The number of hydrogen-bond donors (Lipinski definition) is 1. The molecule has 1 amide bonds. The number of ether oxygens (including phenoxy) is 1. The lowest BCUT2D eigenvalue weighted by Gasteiger charge is -2.22. The Morgan fingerprint density at radius 1 is 1.45 bits per heavy atom. The zero-order chi connectivity index (χ0) is 14.3. The number of benzene rings is 1. The fourth-order valence-corrected chi connectivity index (χ4v) is 3.28. The number of carbonyl (C=O) groups excluding carboxylic acids is 1. The molecule has 3 rings (SSSR count). The molecular formula is C15H17ClFNO2. The van der Waals surface area contributed by atoms with Crippen LogP contribution in [0.1, 0.15) is 36.3 Å². The van der Waals surface area contributed by atoms with E-state index < -0.39 is 0 Å². The lowest BCUT2D eigenvalue weighted by Crippen LogP contribution is -2.20. The first kappa shape index (κ1) is 13.8. The van der Waals surface area contributed by atoms with Crippen LogP contribution >= 0.6 is 11.6 Å². The van der Waals surface area contributed by atoms with Gasteiger partial charge >= 0.3 is 0 Å². The van der Waals surface area contributed by atoms with Gasteiger partial charge in [-0.3, -0.25) is 4.79 Å². The molecule has 3 nitrogen and oxygen atoms in total. The zero-order valence-electron chi connectivity index (χ0n) is 11.3. The van der Waals surface area contributed by atoms with Gasteiger partial charge in [0.15, 0.2) is 0 Å². The lowest BCUT2D eigenvalue weighted by molar-refractivity contribution is -0.116. The molecule has 1 aromatic carbocycles. The summed E-state index contributed by atoms with van der Waals surface area (Å²) in [6.07, 6.45) is 2.10. The van der Waals surface area contributed by atoms with Gasteiger partial charge in [-0.2, -0.15) is 0 Å². The van der Waals surface area contributed by atoms with Gasteiger partial charge in [0.25, 0.3) is 0 Å². The van der Waals surface area contributed by atoms with Crippen LogP contribution in [0.15, 0.2) is 12.1 Å². The largest absolute Gasteiger partial charge is 0.378 e. The molecule has 0 aliphatic carbocycles. The minimum absolute atomic E-state index is 0.0647. The molecule has 0 saturated carbocycles. The van der Waals surface area contributed by atoms with Gasteiger partial charge in [-0.15, -0.1) is 11.6 Å². The Morgan fingerprint density at radius 2 is 2.25 bits per heavy atom. The predicted molar refractivity (Wildman–Crippen MR) is 75.5 cm³/mol. The van der Waals surface area contributed by atoms with Crippen molar-refractivity contribution < 1.29 is 13.9 Å². The van der Waals surface area contributed by atoms with E-state index in [0.29, 0.717) is 30.7 Å². The van der Waals surface area contributed by atoms with Gasteiger partial charge in [-0.1, -0.05) is 0 Å². The SMILES string of the molecule is CC1CC(C(Cl)c2cc3c(cc2F)NC(=O)CC3)CO1. The Labute approximate surface area is 122 Å². The number of alkyl halides is 1. The van der Waals surface area contributed by atoms with Gasteiger partial charge in [0.1, 0.15) is 5.82 Å². The van der Waals surface area contributed by atoms with Crippen molar-refractivity contribution in [3.05, 3.63) is 29.1 Å². The molecule has 0 bridgehead atoms. The monoisotopic (exact) mass is 297 g/mol. The lowest BCUT2D eigenvalue weighted by atomic mass is 9.92. The van der Waals surface area contributed by atoms with Crippen molar-refractivity contribution in [1.29, 1.82) is 0 Å². The van der Waals surface area contributed by atoms with E-state index in [-0.39, 0.29) is 29.1 Å². The van der Waals surface area contributed by atoms with Crippen LogP contribution in [-0.4, -0.2) is 18.6 Å². The highest BCUT2D eigenvalue weighted by Gasteiger charge is 2.31. The number of fused-ring (bicyclic) bond motifs is 1.